The highest BCUT2D eigenvalue weighted by atomic mass is 35.5. The fourth-order valence-electron chi connectivity index (χ4n) is 1.60. The molecule has 2 saturated carbocycles. The van der Waals surface area contributed by atoms with Gasteiger partial charge in [0.15, 0.2) is 0 Å². The number of carbonyl (C=O) groups excluding carboxylic acids is 1. The zero-order chi connectivity index (χ0) is 18.1. The van der Waals surface area contributed by atoms with E-state index >= 15 is 0 Å². The highest BCUT2D eigenvalue weighted by Gasteiger charge is 2.18. The van der Waals surface area contributed by atoms with Crippen molar-refractivity contribution in [1.29, 1.82) is 0 Å². The van der Waals surface area contributed by atoms with Crippen molar-refractivity contribution < 1.29 is 4.79 Å². The van der Waals surface area contributed by atoms with Crippen LogP contribution in [-0.2, 0) is 0 Å². The molecule has 0 radical (unpaired) electrons. The average molecular weight is 377 g/mol. The molecule has 25 heavy (non-hydrogen) atoms. The van der Waals surface area contributed by atoms with E-state index in [-0.39, 0.29) is 0 Å². The Morgan fingerprint density at radius 3 is 1.64 bits per heavy atom. The second-order valence-corrected chi connectivity index (χ2v) is 6.94. The quantitative estimate of drug-likeness (QED) is 0.592. The number of nitrogens with two attached hydrogens (primary N) is 1. The molecule has 4 rings (SSSR count). The van der Waals surface area contributed by atoms with Crippen LogP contribution in [0.2, 0.25) is 10.0 Å². The second kappa shape index (κ2) is 10.3. The van der Waals surface area contributed by atoms with Gasteiger partial charge in [-0.2, -0.15) is 0 Å². The van der Waals surface area contributed by atoms with E-state index in [0.717, 1.165) is 16.9 Å². The molecule has 0 atom stereocenters. The van der Waals surface area contributed by atoms with Crippen LogP contribution in [0.25, 0.3) is 0 Å². The first-order chi connectivity index (χ1) is 12.1. The summed E-state index contributed by atoms with van der Waals surface area (Å²) >= 11 is 11.3. The maximum absolute atomic E-state index is 10.1. The van der Waals surface area contributed by atoms with Crippen molar-refractivity contribution in [3.05, 3.63) is 69.7 Å². The Bertz CT molecular complexity index is 676. The summed E-state index contributed by atoms with van der Waals surface area (Å²) in [4.78, 5) is 14.4. The summed E-state index contributed by atoms with van der Waals surface area (Å²) < 4.78 is 0. The molecule has 0 spiro atoms. The normalized spacial score (nSPS) is 15.6. The average Bonchev–Trinajstić information content (AvgIpc) is 3.54. The van der Waals surface area contributed by atoms with E-state index in [0.29, 0.717) is 22.7 Å². The third-order valence-corrected chi connectivity index (χ3v) is 3.98. The minimum absolute atomic E-state index is 0.583. The van der Waals surface area contributed by atoms with Crippen molar-refractivity contribution in [2.75, 3.05) is 0 Å². The van der Waals surface area contributed by atoms with Crippen molar-refractivity contribution in [2.24, 2.45) is 10.7 Å². The monoisotopic (exact) mass is 376 g/mol. The van der Waals surface area contributed by atoms with Gasteiger partial charge in [0.2, 0.25) is 0 Å². The Labute approximate surface area is 158 Å². The second-order valence-electron chi connectivity index (χ2n) is 6.07. The lowest BCUT2D eigenvalue weighted by molar-refractivity contribution is 0.112. The molecule has 0 heterocycles. The first-order valence-corrected chi connectivity index (χ1v) is 9.07. The van der Waals surface area contributed by atoms with Crippen LogP contribution in [0.1, 0.15) is 41.6 Å². The van der Waals surface area contributed by atoms with Gasteiger partial charge in [0.25, 0.3) is 0 Å². The molecule has 2 fully saturated rings. The number of aldehydes is 1. The number of nitrogens with zero attached hydrogens (tertiary/aromatic N) is 1. The van der Waals surface area contributed by atoms with Crippen molar-refractivity contribution in [1.82, 2.24) is 0 Å². The van der Waals surface area contributed by atoms with Crippen molar-refractivity contribution in [2.45, 2.75) is 37.8 Å². The molecule has 5 heteroatoms. The number of rotatable bonds is 3. The molecule has 2 aromatic rings. The van der Waals surface area contributed by atoms with Gasteiger partial charge in [-0.05, 0) is 55.5 Å². The molecule has 3 nitrogen and oxygen atoms in total. The van der Waals surface area contributed by atoms with Crippen LogP contribution in [0.3, 0.4) is 0 Å². The number of aliphatic imine (C=N–C) groups is 1. The van der Waals surface area contributed by atoms with Gasteiger partial charge in [-0.1, -0.05) is 47.5 Å². The lowest BCUT2D eigenvalue weighted by Gasteiger charge is -1.91. The summed E-state index contributed by atoms with van der Waals surface area (Å²) in [6, 6.07) is 15.6. The molecule has 0 bridgehead atoms. The topological polar surface area (TPSA) is 55.4 Å². The fourth-order valence-corrected chi connectivity index (χ4v) is 1.85. The van der Waals surface area contributed by atoms with Crippen LogP contribution in [0.15, 0.2) is 53.5 Å². The molecule has 2 N–H and O–H groups in total. The molecular formula is C20H22Cl2N2O. The summed E-state index contributed by atoms with van der Waals surface area (Å²) in [5, 5.41) is 1.43. The third kappa shape index (κ3) is 9.40. The van der Waals surface area contributed by atoms with E-state index in [1.165, 1.54) is 25.7 Å². The Morgan fingerprint density at radius 2 is 1.28 bits per heavy atom. The number of carbonyl (C=O) groups is 1. The first kappa shape index (κ1) is 19.6. The largest absolute Gasteiger partial charge is 0.328 e. The Balaban J connectivity index is 0.000000152. The van der Waals surface area contributed by atoms with E-state index in [1.54, 1.807) is 24.3 Å². The van der Waals surface area contributed by atoms with E-state index < -0.39 is 0 Å². The van der Waals surface area contributed by atoms with Crippen molar-refractivity contribution >= 4 is 35.7 Å². The molecule has 0 aromatic heterocycles. The van der Waals surface area contributed by atoms with Gasteiger partial charge in [0.1, 0.15) is 6.29 Å². The minimum atomic E-state index is 0.583. The Hall–Kier alpha value is -1.68. The predicted octanol–water partition coefficient (Wildman–Crippen LogP) is 5.18. The lowest BCUT2D eigenvalue weighted by atomic mass is 10.2. The van der Waals surface area contributed by atoms with Crippen LogP contribution < -0.4 is 5.73 Å². The van der Waals surface area contributed by atoms with Crippen LogP contribution in [-0.4, -0.2) is 24.6 Å². The summed E-state index contributed by atoms with van der Waals surface area (Å²) in [5.41, 5.74) is 7.01. The van der Waals surface area contributed by atoms with E-state index in [4.69, 9.17) is 28.9 Å². The number of benzene rings is 2. The number of hydrogen-bond acceptors (Lipinski definition) is 3. The molecule has 2 aliphatic rings. The van der Waals surface area contributed by atoms with Gasteiger partial charge < -0.3 is 5.73 Å². The number of halogens is 2. The van der Waals surface area contributed by atoms with Gasteiger partial charge in [-0.25, -0.2) is 0 Å². The van der Waals surface area contributed by atoms with Gasteiger partial charge >= 0.3 is 0 Å². The van der Waals surface area contributed by atoms with E-state index in [2.05, 4.69) is 4.99 Å². The van der Waals surface area contributed by atoms with Crippen molar-refractivity contribution in [3.8, 4) is 0 Å². The van der Waals surface area contributed by atoms with E-state index in [9.17, 15) is 4.79 Å². The molecule has 0 aliphatic heterocycles. The molecule has 0 unspecified atom stereocenters. The summed E-state index contributed by atoms with van der Waals surface area (Å²) in [7, 11) is 0. The minimum Gasteiger partial charge on any atom is -0.328 e. The van der Waals surface area contributed by atoms with Gasteiger partial charge in [-0.15, -0.1) is 0 Å². The SMILES string of the molecule is Clc1ccc(C=NC2CC2)cc1.NC1CC1.O=Cc1ccc(Cl)cc1. The molecule has 0 saturated heterocycles. The highest BCUT2D eigenvalue weighted by molar-refractivity contribution is 6.30. The lowest BCUT2D eigenvalue weighted by Crippen LogP contribution is -1.94. The Kier molecular flexibility index (Phi) is 8.13. The number of hydrogen-bond donors (Lipinski definition) is 1. The smallest absolute Gasteiger partial charge is 0.150 e. The summed E-state index contributed by atoms with van der Waals surface area (Å²) in [6.07, 6.45) is 7.75. The molecular weight excluding hydrogens is 355 g/mol. The standard InChI is InChI=1S/C10H10ClN.C7H5ClO.C3H7N/c11-9-3-1-8(2-4-9)7-12-10-5-6-10;8-7-3-1-6(5-9)2-4-7;4-3-1-2-3/h1-4,7,10H,5-6H2;1-5H;3H,1-2,4H2. The van der Waals surface area contributed by atoms with Gasteiger partial charge in [-0.3, -0.25) is 9.79 Å². The molecule has 2 aromatic carbocycles. The zero-order valence-corrected chi connectivity index (χ0v) is 15.5. The van der Waals surface area contributed by atoms with Crippen LogP contribution in [0, 0.1) is 0 Å². The molecule has 0 amide bonds. The highest BCUT2D eigenvalue weighted by Crippen LogP contribution is 2.23. The summed E-state index contributed by atoms with van der Waals surface area (Å²) in [6.45, 7) is 0. The van der Waals surface area contributed by atoms with Crippen LogP contribution in [0.4, 0.5) is 0 Å². The van der Waals surface area contributed by atoms with Crippen LogP contribution >= 0.6 is 23.2 Å². The van der Waals surface area contributed by atoms with E-state index in [1.807, 2.05) is 30.5 Å². The molecule has 132 valence electrons. The first-order valence-electron chi connectivity index (χ1n) is 8.32. The maximum Gasteiger partial charge on any atom is 0.150 e. The predicted molar refractivity (Wildman–Crippen MR) is 106 cm³/mol. The zero-order valence-electron chi connectivity index (χ0n) is 13.9. The molecule has 2 aliphatic carbocycles. The fraction of sp³-hybridized carbons (Fsp3) is 0.300. The summed E-state index contributed by atoms with van der Waals surface area (Å²) in [5.74, 6) is 0. The van der Waals surface area contributed by atoms with Gasteiger partial charge in [0, 0.05) is 27.9 Å². The van der Waals surface area contributed by atoms with Crippen LogP contribution in [0.5, 0.6) is 0 Å². The maximum atomic E-state index is 10.1. The third-order valence-electron chi connectivity index (χ3n) is 3.48. The van der Waals surface area contributed by atoms with Gasteiger partial charge in [0.05, 0.1) is 6.04 Å². The Morgan fingerprint density at radius 1 is 0.840 bits per heavy atom. The van der Waals surface area contributed by atoms with Crippen molar-refractivity contribution in [3.63, 3.8) is 0 Å².